The zero-order valence-corrected chi connectivity index (χ0v) is 32.7. The van der Waals surface area contributed by atoms with Gasteiger partial charge in [-0.15, -0.1) is 0 Å². The third-order valence-corrected chi connectivity index (χ3v) is 11.4. The van der Waals surface area contributed by atoms with Crippen LogP contribution in [0.3, 0.4) is 0 Å². The number of pyridine rings is 1. The minimum atomic E-state index is 0.0947. The predicted octanol–water partition coefficient (Wildman–Crippen LogP) is 14.0. The van der Waals surface area contributed by atoms with Crippen LogP contribution in [0.15, 0.2) is 212 Å². The molecule has 0 spiro atoms. The van der Waals surface area contributed by atoms with Crippen LogP contribution in [-0.2, 0) is 0 Å². The van der Waals surface area contributed by atoms with E-state index in [9.17, 15) is 0 Å². The third kappa shape index (κ3) is 7.29. The Morgan fingerprint density at radius 2 is 1.00 bits per heavy atom. The van der Waals surface area contributed by atoms with Crippen LogP contribution in [0.5, 0.6) is 0 Å². The van der Waals surface area contributed by atoms with E-state index < -0.39 is 0 Å². The average molecular weight is 757 g/mol. The van der Waals surface area contributed by atoms with E-state index in [1.54, 1.807) is 0 Å². The fraction of sp³-hybridized carbons (Fsp3) is 0.0545. The molecule has 9 aromatic rings. The Morgan fingerprint density at radius 1 is 0.441 bits per heavy atom. The highest BCUT2D eigenvalue weighted by Gasteiger charge is 2.23. The molecule has 280 valence electrons. The lowest BCUT2D eigenvalue weighted by Crippen LogP contribution is -2.13. The van der Waals surface area contributed by atoms with Crippen LogP contribution < -0.4 is 0 Å². The van der Waals surface area contributed by atoms with Crippen LogP contribution in [0.2, 0.25) is 0 Å². The minimum Gasteiger partial charge on any atom is -0.269 e. The number of aliphatic imine (C=N–C) groups is 1. The van der Waals surface area contributed by atoms with Crippen molar-refractivity contribution in [3.8, 4) is 78.5 Å². The van der Waals surface area contributed by atoms with E-state index in [0.717, 1.165) is 67.2 Å². The maximum absolute atomic E-state index is 5.36. The largest absolute Gasteiger partial charge is 0.269 e. The molecule has 4 heteroatoms. The summed E-state index contributed by atoms with van der Waals surface area (Å²) in [7, 11) is 0. The number of rotatable bonds is 8. The van der Waals surface area contributed by atoms with Crippen molar-refractivity contribution in [1.82, 2.24) is 15.0 Å². The van der Waals surface area contributed by atoms with Crippen molar-refractivity contribution in [1.29, 1.82) is 0 Å². The number of benzene rings is 7. The predicted molar refractivity (Wildman–Crippen MR) is 245 cm³/mol. The molecule has 4 nitrogen and oxygen atoms in total. The van der Waals surface area contributed by atoms with Gasteiger partial charge in [-0.2, -0.15) is 0 Å². The van der Waals surface area contributed by atoms with Gasteiger partial charge in [0.25, 0.3) is 0 Å². The summed E-state index contributed by atoms with van der Waals surface area (Å²) >= 11 is 0. The first-order chi connectivity index (χ1) is 29.1. The number of hydrogen-bond donors (Lipinski definition) is 0. The molecular formula is C55H40N4. The Hall–Kier alpha value is -7.56. The Bertz CT molecular complexity index is 2880. The monoisotopic (exact) mass is 756 g/mol. The van der Waals surface area contributed by atoms with Gasteiger partial charge in [-0.3, -0.25) is 9.98 Å². The summed E-state index contributed by atoms with van der Waals surface area (Å²) in [6.45, 7) is 2.24. The van der Waals surface area contributed by atoms with E-state index in [4.69, 9.17) is 15.0 Å². The van der Waals surface area contributed by atoms with Gasteiger partial charge in [-0.1, -0.05) is 171 Å². The second-order valence-corrected chi connectivity index (χ2v) is 15.1. The second-order valence-electron chi connectivity index (χ2n) is 15.1. The van der Waals surface area contributed by atoms with Crippen molar-refractivity contribution in [3.63, 3.8) is 0 Å². The smallest absolute Gasteiger partial charge is 0.160 e. The summed E-state index contributed by atoms with van der Waals surface area (Å²) in [4.78, 5) is 20.3. The highest BCUT2D eigenvalue weighted by atomic mass is 14.9. The van der Waals surface area contributed by atoms with Gasteiger partial charge in [0.15, 0.2) is 5.82 Å². The fourth-order valence-electron chi connectivity index (χ4n) is 8.20. The maximum atomic E-state index is 5.36. The van der Waals surface area contributed by atoms with Crippen LogP contribution in [0.25, 0.3) is 89.3 Å². The zero-order valence-electron chi connectivity index (χ0n) is 32.7. The SMILES string of the molecule is CC1C=CN=CC1c1cccnc1-c1cc(-c2nc(-c3ccc(-c4ccccc4)cc3)cc(-c3ccc(-c4ccccc4)cc3)n2)cc(-c2cccc3ccccc23)c1. The molecule has 2 atom stereocenters. The molecule has 0 saturated heterocycles. The normalized spacial score (nSPS) is 14.7. The highest BCUT2D eigenvalue weighted by Crippen LogP contribution is 2.39. The van der Waals surface area contributed by atoms with Gasteiger partial charge in [-0.25, -0.2) is 9.97 Å². The molecule has 1 aliphatic rings. The molecule has 7 aromatic carbocycles. The first-order valence-electron chi connectivity index (χ1n) is 20.1. The molecule has 0 fully saturated rings. The van der Waals surface area contributed by atoms with Gasteiger partial charge >= 0.3 is 0 Å². The van der Waals surface area contributed by atoms with Crippen molar-refractivity contribution in [2.24, 2.45) is 10.9 Å². The van der Waals surface area contributed by atoms with Gasteiger partial charge in [0, 0.05) is 46.8 Å². The van der Waals surface area contributed by atoms with E-state index in [1.165, 1.54) is 21.9 Å². The molecule has 0 amide bonds. The lowest BCUT2D eigenvalue weighted by molar-refractivity contribution is 0.669. The van der Waals surface area contributed by atoms with Gasteiger partial charge < -0.3 is 0 Å². The highest BCUT2D eigenvalue weighted by molar-refractivity contribution is 5.98. The fourth-order valence-corrected chi connectivity index (χ4v) is 8.20. The summed E-state index contributed by atoms with van der Waals surface area (Å²) in [6, 6.07) is 66.4. The van der Waals surface area contributed by atoms with Crippen molar-refractivity contribution in [3.05, 3.63) is 212 Å². The van der Waals surface area contributed by atoms with E-state index >= 15 is 0 Å². The molecule has 2 unspecified atom stereocenters. The van der Waals surface area contributed by atoms with E-state index in [0.29, 0.717) is 5.82 Å². The topological polar surface area (TPSA) is 51.0 Å². The molecule has 2 aromatic heterocycles. The van der Waals surface area contributed by atoms with Gasteiger partial charge in [-0.05, 0) is 86.0 Å². The summed E-state index contributed by atoms with van der Waals surface area (Å²) < 4.78 is 0. The number of nitrogens with zero attached hydrogens (tertiary/aromatic N) is 4. The molecule has 1 aliphatic heterocycles. The molecule has 3 heterocycles. The Labute approximate surface area is 345 Å². The Balaban J connectivity index is 1.17. The number of allylic oxidation sites excluding steroid dienone is 1. The number of hydrogen-bond acceptors (Lipinski definition) is 4. The van der Waals surface area contributed by atoms with E-state index in [-0.39, 0.29) is 11.8 Å². The van der Waals surface area contributed by atoms with Gasteiger partial charge in [0.05, 0.1) is 17.1 Å². The lowest BCUT2D eigenvalue weighted by atomic mass is 9.84. The quantitative estimate of drug-likeness (QED) is 0.155. The van der Waals surface area contributed by atoms with Crippen LogP contribution in [0, 0.1) is 5.92 Å². The van der Waals surface area contributed by atoms with Crippen molar-refractivity contribution >= 4 is 17.0 Å². The third-order valence-electron chi connectivity index (χ3n) is 11.4. The van der Waals surface area contributed by atoms with Crippen molar-refractivity contribution in [2.45, 2.75) is 12.8 Å². The number of aromatic nitrogens is 3. The summed E-state index contributed by atoms with van der Waals surface area (Å²) in [5.74, 6) is 1.02. The standard InChI is InChI=1S/C55H40N4/c1-37-29-31-56-36-51(37)50-20-11-30-57-54(50)46-32-45(49-19-10-17-42-16-8-9-18-48(42)49)33-47(34-46)55-58-52(43-25-21-40(22-26-43)38-12-4-2-5-13-38)35-53(59-55)44-27-23-41(24-28-44)39-14-6-3-7-15-39/h2-37,51H,1H3. The zero-order chi connectivity index (χ0) is 39.5. The van der Waals surface area contributed by atoms with Gasteiger partial charge in [0.2, 0.25) is 0 Å². The van der Waals surface area contributed by atoms with E-state index in [2.05, 4.69) is 188 Å². The second kappa shape index (κ2) is 15.8. The van der Waals surface area contributed by atoms with Crippen LogP contribution in [0.4, 0.5) is 0 Å². The van der Waals surface area contributed by atoms with Crippen LogP contribution >= 0.6 is 0 Å². The van der Waals surface area contributed by atoms with Gasteiger partial charge in [0.1, 0.15) is 0 Å². The first kappa shape index (κ1) is 35.8. The van der Waals surface area contributed by atoms with Crippen molar-refractivity contribution in [2.75, 3.05) is 0 Å². The molecule has 10 rings (SSSR count). The minimum absolute atomic E-state index is 0.0947. The molecule has 0 aliphatic carbocycles. The number of fused-ring (bicyclic) bond motifs is 1. The Kier molecular flexibility index (Phi) is 9.57. The molecule has 0 bridgehead atoms. The molecule has 59 heavy (non-hydrogen) atoms. The van der Waals surface area contributed by atoms with Crippen LogP contribution in [0.1, 0.15) is 18.4 Å². The lowest BCUT2D eigenvalue weighted by Gasteiger charge is -2.22. The molecule has 0 saturated carbocycles. The molecular weight excluding hydrogens is 717 g/mol. The summed E-state index contributed by atoms with van der Waals surface area (Å²) in [6.07, 6.45) is 7.99. The Morgan fingerprint density at radius 3 is 1.66 bits per heavy atom. The first-order valence-corrected chi connectivity index (χ1v) is 20.1. The maximum Gasteiger partial charge on any atom is 0.160 e. The van der Waals surface area contributed by atoms with E-state index in [1.807, 2.05) is 36.8 Å². The molecule has 0 N–H and O–H groups in total. The summed E-state index contributed by atoms with van der Waals surface area (Å²) in [5.41, 5.74) is 14.6. The average Bonchev–Trinajstić information content (AvgIpc) is 3.32. The molecule has 0 radical (unpaired) electrons. The van der Waals surface area contributed by atoms with Crippen molar-refractivity contribution < 1.29 is 0 Å². The summed E-state index contributed by atoms with van der Waals surface area (Å²) in [5, 5.41) is 2.37. The van der Waals surface area contributed by atoms with Crippen LogP contribution in [-0.4, -0.2) is 21.2 Å².